The van der Waals surface area contributed by atoms with Crippen molar-refractivity contribution in [2.75, 3.05) is 11.1 Å². The normalized spacial score (nSPS) is 10.9. The summed E-state index contributed by atoms with van der Waals surface area (Å²) < 4.78 is 1.71. The van der Waals surface area contributed by atoms with E-state index in [4.69, 9.17) is 5.73 Å². The van der Waals surface area contributed by atoms with Gasteiger partial charge in [0.15, 0.2) is 11.5 Å². The number of nitrogens with two attached hydrogens (primary N) is 1. The van der Waals surface area contributed by atoms with Crippen molar-refractivity contribution >= 4 is 23.0 Å². The van der Waals surface area contributed by atoms with Gasteiger partial charge >= 0.3 is 0 Å². The van der Waals surface area contributed by atoms with Gasteiger partial charge in [-0.05, 0) is 25.1 Å². The predicted octanol–water partition coefficient (Wildman–Crippen LogP) is 1.61. The van der Waals surface area contributed by atoms with Crippen LogP contribution in [-0.4, -0.2) is 34.8 Å². The molecule has 4 aromatic rings. The lowest BCUT2D eigenvalue weighted by atomic mass is 10.2. The lowest BCUT2D eigenvalue weighted by molar-refractivity contribution is 0.932. The molecule has 0 amide bonds. The minimum atomic E-state index is 0.389. The molecular formula is C15H13N9. The first kappa shape index (κ1) is 14.0. The fraction of sp³-hybridized carbons (Fsp3) is 0.0667. The molecule has 0 radical (unpaired) electrons. The molecular weight excluding hydrogens is 306 g/mol. The number of imidazole rings is 1. The zero-order chi connectivity index (χ0) is 16.5. The van der Waals surface area contributed by atoms with E-state index in [1.54, 1.807) is 42.2 Å². The number of fused-ring (bicyclic) bond motifs is 1. The summed E-state index contributed by atoms with van der Waals surface area (Å²) in [6, 6.07) is 7.18. The van der Waals surface area contributed by atoms with Crippen LogP contribution in [0.1, 0.15) is 5.82 Å². The zero-order valence-corrected chi connectivity index (χ0v) is 12.7. The Kier molecular flexibility index (Phi) is 3.23. The van der Waals surface area contributed by atoms with Crippen LogP contribution >= 0.6 is 0 Å². The van der Waals surface area contributed by atoms with E-state index in [0.717, 1.165) is 5.69 Å². The number of rotatable bonds is 3. The summed E-state index contributed by atoms with van der Waals surface area (Å²) >= 11 is 0. The number of hydrogen-bond acceptors (Lipinski definition) is 8. The van der Waals surface area contributed by atoms with Crippen molar-refractivity contribution in [1.29, 1.82) is 0 Å². The van der Waals surface area contributed by atoms with Crippen LogP contribution < -0.4 is 11.1 Å². The fourth-order valence-electron chi connectivity index (χ4n) is 2.42. The second kappa shape index (κ2) is 5.54. The number of hydrogen-bond donors (Lipinski definition) is 2. The highest BCUT2D eigenvalue weighted by Crippen LogP contribution is 2.29. The molecule has 4 rings (SSSR count). The minimum absolute atomic E-state index is 0.389. The third-order valence-corrected chi connectivity index (χ3v) is 3.34. The summed E-state index contributed by atoms with van der Waals surface area (Å²) in [6.45, 7) is 1.79. The largest absolute Gasteiger partial charge is 0.384 e. The molecule has 0 spiro atoms. The first-order valence-corrected chi connectivity index (χ1v) is 7.20. The second-order valence-corrected chi connectivity index (χ2v) is 5.08. The summed E-state index contributed by atoms with van der Waals surface area (Å²) in [5, 5.41) is 15.2. The van der Waals surface area contributed by atoms with Gasteiger partial charge in [-0.15, -0.1) is 0 Å². The molecule has 0 aliphatic heterocycles. The molecule has 0 aliphatic rings. The van der Waals surface area contributed by atoms with E-state index in [1.165, 1.54) is 0 Å². The van der Waals surface area contributed by atoms with E-state index in [0.29, 0.717) is 34.5 Å². The highest BCUT2D eigenvalue weighted by Gasteiger charge is 2.17. The standard InChI is InChI=1S/C15H13N9/c1-9-20-11(7-12(16)21-9)14-15(22-10-4-6-17-18-8-10)23-13-3-2-5-19-24(13)14/h2-8H,1H3,(H,17,22)(H2,16,20,21). The number of anilines is 3. The van der Waals surface area contributed by atoms with Gasteiger partial charge in [0, 0.05) is 12.3 Å². The third-order valence-electron chi connectivity index (χ3n) is 3.34. The van der Waals surface area contributed by atoms with Crippen molar-refractivity contribution in [3.8, 4) is 11.4 Å². The second-order valence-electron chi connectivity index (χ2n) is 5.08. The van der Waals surface area contributed by atoms with Gasteiger partial charge in [0.2, 0.25) is 0 Å². The first-order chi connectivity index (χ1) is 11.7. The molecule has 9 heteroatoms. The molecule has 0 atom stereocenters. The predicted molar refractivity (Wildman–Crippen MR) is 88.5 cm³/mol. The average Bonchev–Trinajstić information content (AvgIpc) is 2.92. The molecule has 24 heavy (non-hydrogen) atoms. The molecule has 0 aromatic carbocycles. The molecule has 4 heterocycles. The van der Waals surface area contributed by atoms with Crippen molar-refractivity contribution in [2.24, 2.45) is 0 Å². The van der Waals surface area contributed by atoms with Crippen molar-refractivity contribution in [3.63, 3.8) is 0 Å². The summed E-state index contributed by atoms with van der Waals surface area (Å²) in [6.07, 6.45) is 4.90. The molecule has 0 unspecified atom stereocenters. The number of nitrogens with zero attached hydrogens (tertiary/aromatic N) is 7. The maximum absolute atomic E-state index is 5.87. The van der Waals surface area contributed by atoms with E-state index in [-0.39, 0.29) is 0 Å². The van der Waals surface area contributed by atoms with Crippen LogP contribution in [0.3, 0.4) is 0 Å². The number of nitrogen functional groups attached to an aromatic ring is 1. The van der Waals surface area contributed by atoms with Gasteiger partial charge in [-0.25, -0.2) is 19.5 Å². The van der Waals surface area contributed by atoms with E-state index >= 15 is 0 Å². The Morgan fingerprint density at radius 3 is 2.79 bits per heavy atom. The summed E-state index contributed by atoms with van der Waals surface area (Å²) in [7, 11) is 0. The minimum Gasteiger partial charge on any atom is -0.384 e. The lowest BCUT2D eigenvalue weighted by Crippen LogP contribution is -2.02. The van der Waals surface area contributed by atoms with Gasteiger partial charge < -0.3 is 11.1 Å². The molecule has 0 saturated heterocycles. The molecule has 0 bridgehead atoms. The molecule has 118 valence electrons. The van der Waals surface area contributed by atoms with Crippen molar-refractivity contribution in [3.05, 3.63) is 48.7 Å². The summed E-state index contributed by atoms with van der Waals surface area (Å²) in [5.41, 5.74) is 8.65. The van der Waals surface area contributed by atoms with Crippen LogP contribution in [0.4, 0.5) is 17.3 Å². The maximum atomic E-state index is 5.87. The van der Waals surface area contributed by atoms with Crippen LogP contribution in [0.2, 0.25) is 0 Å². The monoisotopic (exact) mass is 319 g/mol. The number of nitrogens with one attached hydrogen (secondary N) is 1. The molecule has 9 nitrogen and oxygen atoms in total. The third kappa shape index (κ3) is 2.47. The maximum Gasteiger partial charge on any atom is 0.161 e. The van der Waals surface area contributed by atoms with Crippen LogP contribution in [0.25, 0.3) is 17.0 Å². The van der Waals surface area contributed by atoms with Gasteiger partial charge in [-0.3, -0.25) is 0 Å². The first-order valence-electron chi connectivity index (χ1n) is 7.20. The van der Waals surface area contributed by atoms with Crippen molar-refractivity contribution in [2.45, 2.75) is 6.92 Å². The Morgan fingerprint density at radius 2 is 2.00 bits per heavy atom. The molecule has 4 aromatic heterocycles. The van der Waals surface area contributed by atoms with Gasteiger partial charge in [0.25, 0.3) is 0 Å². The quantitative estimate of drug-likeness (QED) is 0.584. The fourth-order valence-corrected chi connectivity index (χ4v) is 2.42. The van der Waals surface area contributed by atoms with E-state index in [2.05, 4.69) is 35.6 Å². The van der Waals surface area contributed by atoms with Crippen molar-refractivity contribution < 1.29 is 0 Å². The zero-order valence-electron chi connectivity index (χ0n) is 12.7. The van der Waals surface area contributed by atoms with Gasteiger partial charge in [0.05, 0.1) is 23.8 Å². The van der Waals surface area contributed by atoms with E-state index < -0.39 is 0 Å². The molecule has 0 saturated carbocycles. The Bertz CT molecular complexity index is 990. The van der Waals surface area contributed by atoms with Crippen LogP contribution in [0.5, 0.6) is 0 Å². The molecule has 3 N–H and O–H groups in total. The topological polar surface area (TPSA) is 120 Å². The van der Waals surface area contributed by atoms with E-state index in [9.17, 15) is 0 Å². The van der Waals surface area contributed by atoms with Crippen LogP contribution in [-0.2, 0) is 0 Å². The smallest absolute Gasteiger partial charge is 0.161 e. The van der Waals surface area contributed by atoms with Crippen molar-refractivity contribution in [1.82, 2.24) is 34.8 Å². The highest BCUT2D eigenvalue weighted by atomic mass is 15.3. The summed E-state index contributed by atoms with van der Waals surface area (Å²) in [4.78, 5) is 13.2. The Balaban J connectivity index is 1.93. The number of aromatic nitrogens is 7. The highest BCUT2D eigenvalue weighted by molar-refractivity contribution is 5.78. The van der Waals surface area contributed by atoms with Gasteiger partial charge in [-0.1, -0.05) is 0 Å². The Labute approximate surface area is 136 Å². The van der Waals surface area contributed by atoms with Gasteiger partial charge in [-0.2, -0.15) is 15.3 Å². The van der Waals surface area contributed by atoms with Crippen LogP contribution in [0, 0.1) is 6.92 Å². The molecule has 0 aliphatic carbocycles. The number of aryl methyl sites for hydroxylation is 1. The van der Waals surface area contributed by atoms with Gasteiger partial charge in [0.1, 0.15) is 17.3 Å². The Morgan fingerprint density at radius 1 is 1.08 bits per heavy atom. The average molecular weight is 319 g/mol. The van der Waals surface area contributed by atoms with Crippen LogP contribution in [0.15, 0.2) is 42.9 Å². The lowest BCUT2D eigenvalue weighted by Gasteiger charge is -2.07. The molecule has 0 fully saturated rings. The summed E-state index contributed by atoms with van der Waals surface area (Å²) in [5.74, 6) is 1.56. The SMILES string of the molecule is Cc1nc(N)cc(-c2c(Nc3ccnnc3)nc3cccnn23)n1. The Hall–Kier alpha value is -3.62. The van der Waals surface area contributed by atoms with E-state index in [1.807, 2.05) is 12.1 Å².